The molecular weight excluding hydrogens is 406 g/mol. The Morgan fingerprint density at radius 3 is 2.36 bits per heavy atom. The Bertz CT molecular complexity index is 967. The van der Waals surface area contributed by atoms with Crippen LogP contribution in [0.1, 0.15) is 24.4 Å². The van der Waals surface area contributed by atoms with Gasteiger partial charge >= 0.3 is 0 Å². The number of nitrogens with one attached hydrogen (secondary N) is 1. The first kappa shape index (κ1) is 17.8. The molecule has 0 radical (unpaired) electrons. The Balaban J connectivity index is 1.78. The topological polar surface area (TPSA) is 85.1 Å². The van der Waals surface area contributed by atoms with Crippen LogP contribution in [-0.4, -0.2) is 18.6 Å². The van der Waals surface area contributed by atoms with Crippen molar-refractivity contribution in [2.75, 3.05) is 0 Å². The molecule has 1 atom stereocenters. The molecule has 1 aromatic heterocycles. The van der Waals surface area contributed by atoms with Crippen molar-refractivity contribution in [1.29, 1.82) is 0 Å². The second-order valence-electron chi connectivity index (χ2n) is 5.62. The SMILES string of the molecule is Cc1ccc(-c2noc([C@H](C)NS(=O)(=O)c3ccc(Br)cc3)n2)cc1. The number of halogens is 1. The van der Waals surface area contributed by atoms with Gasteiger partial charge in [-0.25, -0.2) is 8.42 Å². The van der Waals surface area contributed by atoms with E-state index in [2.05, 4.69) is 30.8 Å². The van der Waals surface area contributed by atoms with Crippen LogP contribution in [0.25, 0.3) is 11.4 Å². The van der Waals surface area contributed by atoms with E-state index in [1.165, 1.54) is 12.1 Å². The summed E-state index contributed by atoms with van der Waals surface area (Å²) in [7, 11) is -3.68. The van der Waals surface area contributed by atoms with Crippen LogP contribution in [0.5, 0.6) is 0 Å². The van der Waals surface area contributed by atoms with E-state index in [1.807, 2.05) is 31.2 Å². The van der Waals surface area contributed by atoms with Gasteiger partial charge in [-0.15, -0.1) is 0 Å². The van der Waals surface area contributed by atoms with Crippen molar-refractivity contribution in [3.63, 3.8) is 0 Å². The predicted molar refractivity (Wildman–Crippen MR) is 97.3 cm³/mol. The van der Waals surface area contributed by atoms with E-state index in [0.29, 0.717) is 5.82 Å². The van der Waals surface area contributed by atoms with Crippen LogP contribution in [0.15, 0.2) is 62.4 Å². The van der Waals surface area contributed by atoms with Crippen LogP contribution >= 0.6 is 15.9 Å². The molecule has 0 saturated heterocycles. The van der Waals surface area contributed by atoms with E-state index in [0.717, 1.165) is 15.6 Å². The molecule has 1 N–H and O–H groups in total. The van der Waals surface area contributed by atoms with Gasteiger partial charge in [-0.05, 0) is 38.1 Å². The molecule has 8 heteroatoms. The molecule has 0 amide bonds. The van der Waals surface area contributed by atoms with E-state index in [9.17, 15) is 8.42 Å². The number of aryl methyl sites for hydroxylation is 1. The molecule has 0 aliphatic carbocycles. The summed E-state index contributed by atoms with van der Waals surface area (Å²) < 4.78 is 33.4. The van der Waals surface area contributed by atoms with Crippen molar-refractivity contribution in [3.8, 4) is 11.4 Å². The number of sulfonamides is 1. The van der Waals surface area contributed by atoms with Crippen LogP contribution in [0.2, 0.25) is 0 Å². The second-order valence-corrected chi connectivity index (χ2v) is 8.25. The lowest BCUT2D eigenvalue weighted by atomic mass is 10.1. The summed E-state index contributed by atoms with van der Waals surface area (Å²) in [6, 6.07) is 13.4. The lowest BCUT2D eigenvalue weighted by Crippen LogP contribution is -2.27. The molecule has 3 aromatic rings. The maximum Gasteiger partial charge on any atom is 0.244 e. The molecule has 2 aromatic carbocycles. The molecule has 0 spiro atoms. The van der Waals surface area contributed by atoms with Crippen molar-refractivity contribution in [1.82, 2.24) is 14.9 Å². The second kappa shape index (κ2) is 7.07. The highest BCUT2D eigenvalue weighted by Crippen LogP contribution is 2.21. The van der Waals surface area contributed by atoms with Gasteiger partial charge in [0.25, 0.3) is 0 Å². The van der Waals surface area contributed by atoms with Gasteiger partial charge in [0.2, 0.25) is 21.7 Å². The maximum atomic E-state index is 12.4. The Hall–Kier alpha value is -2.03. The van der Waals surface area contributed by atoms with E-state index in [-0.39, 0.29) is 10.8 Å². The molecule has 0 fully saturated rings. The van der Waals surface area contributed by atoms with Crippen molar-refractivity contribution in [3.05, 3.63) is 64.5 Å². The number of nitrogens with zero attached hydrogens (tertiary/aromatic N) is 2. The predicted octanol–water partition coefficient (Wildman–Crippen LogP) is 3.85. The zero-order valence-corrected chi connectivity index (χ0v) is 16.0. The maximum absolute atomic E-state index is 12.4. The largest absolute Gasteiger partial charge is 0.337 e. The van der Waals surface area contributed by atoms with Gasteiger partial charge in [0.1, 0.15) is 0 Å². The standard InChI is InChI=1S/C17H16BrN3O3S/c1-11-3-5-13(6-4-11)16-19-17(24-20-16)12(2)21-25(22,23)15-9-7-14(18)8-10-15/h3-10,12,21H,1-2H3/t12-/m0/s1. The molecule has 130 valence electrons. The van der Waals surface area contributed by atoms with E-state index >= 15 is 0 Å². The molecule has 1 heterocycles. The van der Waals surface area contributed by atoms with Crippen LogP contribution in [0, 0.1) is 6.92 Å². The van der Waals surface area contributed by atoms with Gasteiger partial charge in [-0.2, -0.15) is 9.71 Å². The number of rotatable bonds is 5. The molecule has 0 aliphatic heterocycles. The van der Waals surface area contributed by atoms with Crippen molar-refractivity contribution < 1.29 is 12.9 Å². The summed E-state index contributed by atoms with van der Waals surface area (Å²) in [5.74, 6) is 0.626. The van der Waals surface area contributed by atoms with Crippen molar-refractivity contribution in [2.45, 2.75) is 24.8 Å². The average Bonchev–Trinajstić information content (AvgIpc) is 3.06. The quantitative estimate of drug-likeness (QED) is 0.675. The first-order chi connectivity index (χ1) is 11.8. The van der Waals surface area contributed by atoms with Crippen LogP contribution in [-0.2, 0) is 10.0 Å². The molecule has 0 unspecified atom stereocenters. The summed E-state index contributed by atoms with van der Waals surface area (Å²) in [6.45, 7) is 3.65. The van der Waals surface area contributed by atoms with Gasteiger partial charge in [0, 0.05) is 10.0 Å². The normalized spacial score (nSPS) is 12.9. The van der Waals surface area contributed by atoms with Gasteiger partial charge in [-0.1, -0.05) is 50.9 Å². The Kier molecular flexibility index (Phi) is 5.03. The third kappa shape index (κ3) is 4.15. The molecule has 0 saturated carbocycles. The van der Waals surface area contributed by atoms with E-state index in [4.69, 9.17) is 4.52 Å². The highest BCUT2D eigenvalue weighted by Gasteiger charge is 2.22. The lowest BCUT2D eigenvalue weighted by molar-refractivity contribution is 0.354. The van der Waals surface area contributed by atoms with E-state index in [1.54, 1.807) is 19.1 Å². The third-order valence-corrected chi connectivity index (χ3v) is 5.66. The zero-order chi connectivity index (χ0) is 18.0. The van der Waals surface area contributed by atoms with Gasteiger partial charge in [-0.3, -0.25) is 0 Å². The smallest absolute Gasteiger partial charge is 0.244 e. The Morgan fingerprint density at radius 1 is 1.08 bits per heavy atom. The minimum absolute atomic E-state index is 0.167. The fourth-order valence-electron chi connectivity index (χ4n) is 2.20. The van der Waals surface area contributed by atoms with Crippen molar-refractivity contribution >= 4 is 26.0 Å². The van der Waals surface area contributed by atoms with Gasteiger partial charge in [0.15, 0.2) is 0 Å². The fraction of sp³-hybridized carbons (Fsp3) is 0.176. The zero-order valence-electron chi connectivity index (χ0n) is 13.6. The first-order valence-corrected chi connectivity index (χ1v) is 9.81. The number of benzene rings is 2. The molecule has 0 bridgehead atoms. The van der Waals surface area contributed by atoms with Crippen molar-refractivity contribution in [2.24, 2.45) is 0 Å². The number of hydrogen-bond donors (Lipinski definition) is 1. The molecule has 6 nitrogen and oxygen atoms in total. The monoisotopic (exact) mass is 421 g/mol. The lowest BCUT2D eigenvalue weighted by Gasteiger charge is -2.10. The minimum Gasteiger partial charge on any atom is -0.337 e. The molecule has 25 heavy (non-hydrogen) atoms. The highest BCUT2D eigenvalue weighted by molar-refractivity contribution is 9.10. The fourth-order valence-corrected chi connectivity index (χ4v) is 3.66. The molecule has 0 aliphatic rings. The van der Waals surface area contributed by atoms with Gasteiger partial charge < -0.3 is 4.52 Å². The summed E-state index contributed by atoms with van der Waals surface area (Å²) in [4.78, 5) is 4.46. The van der Waals surface area contributed by atoms with E-state index < -0.39 is 16.1 Å². The number of aromatic nitrogens is 2. The van der Waals surface area contributed by atoms with Crippen LogP contribution in [0.4, 0.5) is 0 Å². The number of hydrogen-bond acceptors (Lipinski definition) is 5. The molecule has 3 rings (SSSR count). The van der Waals surface area contributed by atoms with Gasteiger partial charge in [0.05, 0.1) is 10.9 Å². The summed E-state index contributed by atoms with van der Waals surface area (Å²) in [5.41, 5.74) is 1.94. The van der Waals surface area contributed by atoms with Crippen LogP contribution < -0.4 is 4.72 Å². The summed E-state index contributed by atoms with van der Waals surface area (Å²) in [6.07, 6.45) is 0. The first-order valence-electron chi connectivity index (χ1n) is 7.54. The van der Waals surface area contributed by atoms with Crippen LogP contribution in [0.3, 0.4) is 0 Å². The third-order valence-electron chi connectivity index (χ3n) is 3.58. The minimum atomic E-state index is -3.68. The highest BCUT2D eigenvalue weighted by atomic mass is 79.9. The molecular formula is C17H16BrN3O3S. The Labute approximate surface area is 154 Å². The summed E-state index contributed by atoms with van der Waals surface area (Å²) in [5, 5.41) is 3.92. The average molecular weight is 422 g/mol. The Morgan fingerprint density at radius 2 is 1.72 bits per heavy atom. The summed E-state index contributed by atoms with van der Waals surface area (Å²) >= 11 is 3.28.